The Morgan fingerprint density at radius 3 is 2.29 bits per heavy atom. The Balaban J connectivity index is 2.43. The van der Waals surface area contributed by atoms with Crippen molar-refractivity contribution in [3.63, 3.8) is 0 Å². The van der Waals surface area contributed by atoms with Gasteiger partial charge >= 0.3 is 18.0 Å². The first-order valence-electron chi connectivity index (χ1n) is 9.72. The molecule has 0 aliphatic carbocycles. The number of hydrogen-bond acceptors (Lipinski definition) is 8. The first-order chi connectivity index (χ1) is 14.5. The van der Waals surface area contributed by atoms with E-state index in [4.69, 9.17) is 9.47 Å². The molecule has 1 rings (SSSR count). The van der Waals surface area contributed by atoms with Gasteiger partial charge in [0.2, 0.25) is 5.91 Å². The van der Waals surface area contributed by atoms with E-state index in [1.165, 1.54) is 0 Å². The van der Waals surface area contributed by atoms with Crippen LogP contribution in [0.3, 0.4) is 0 Å². The van der Waals surface area contributed by atoms with Crippen molar-refractivity contribution in [3.8, 4) is 0 Å². The molecule has 31 heavy (non-hydrogen) atoms. The Hall–Kier alpha value is -3.14. The van der Waals surface area contributed by atoms with Crippen LogP contribution >= 0.6 is 0 Å². The van der Waals surface area contributed by atoms with Gasteiger partial charge in [-0.2, -0.15) is 0 Å². The number of aliphatic hydroxyl groups excluding tert-OH is 1. The number of esters is 2. The summed E-state index contributed by atoms with van der Waals surface area (Å²) < 4.78 is 14.7. The van der Waals surface area contributed by atoms with Crippen molar-refractivity contribution in [1.82, 2.24) is 10.6 Å². The molecule has 2 atom stereocenters. The van der Waals surface area contributed by atoms with Gasteiger partial charge in [0.15, 0.2) is 0 Å². The Kier molecular flexibility index (Phi) is 10.5. The summed E-state index contributed by atoms with van der Waals surface area (Å²) in [7, 11) is 1.12. The molecule has 0 saturated heterocycles. The maximum absolute atomic E-state index is 12.1. The number of carbonyl (C=O) groups excluding carboxylic acids is 4. The summed E-state index contributed by atoms with van der Waals surface area (Å²) in [5, 5.41) is 14.6. The summed E-state index contributed by atoms with van der Waals surface area (Å²) in [6.45, 7) is 4.84. The van der Waals surface area contributed by atoms with Crippen LogP contribution in [0.25, 0.3) is 0 Å². The first-order valence-corrected chi connectivity index (χ1v) is 9.72. The summed E-state index contributed by atoms with van der Waals surface area (Å²) in [5.74, 6) is -2.21. The molecule has 0 aliphatic rings. The second-order valence-corrected chi connectivity index (χ2v) is 7.73. The highest BCUT2D eigenvalue weighted by Gasteiger charge is 2.28. The van der Waals surface area contributed by atoms with E-state index in [0.29, 0.717) is 0 Å². The molecule has 3 N–H and O–H groups in total. The quantitative estimate of drug-likeness (QED) is 0.364. The average Bonchev–Trinajstić information content (AvgIpc) is 2.68. The second-order valence-electron chi connectivity index (χ2n) is 7.73. The predicted molar refractivity (Wildman–Crippen MR) is 110 cm³/mol. The number of methoxy groups -OCH3 is 1. The molecule has 1 aromatic carbocycles. The standard InChI is InChI=1S/C21H30N2O8/c1-21(2,3)31-18(26)11-16(19(27)29-4)23-17(25)10-15(24)12-22-20(28)30-13-14-8-6-5-7-9-14/h5-9,15-16,24H,10-13H2,1-4H3,(H,22,28)(H,23,25)/t15-,16-/m1/s1. The van der Waals surface area contributed by atoms with Gasteiger partial charge in [0.05, 0.1) is 26.1 Å². The highest BCUT2D eigenvalue weighted by atomic mass is 16.6. The summed E-state index contributed by atoms with van der Waals surface area (Å²) >= 11 is 0. The van der Waals surface area contributed by atoms with Gasteiger partial charge in [-0.15, -0.1) is 0 Å². The van der Waals surface area contributed by atoms with Crippen molar-refractivity contribution in [2.45, 2.75) is 58.0 Å². The third kappa shape index (κ3) is 11.6. The minimum absolute atomic E-state index is 0.0642. The molecule has 0 aliphatic heterocycles. The highest BCUT2D eigenvalue weighted by Crippen LogP contribution is 2.10. The zero-order valence-corrected chi connectivity index (χ0v) is 18.2. The smallest absolute Gasteiger partial charge is 0.407 e. The maximum atomic E-state index is 12.1. The summed E-state index contributed by atoms with van der Waals surface area (Å²) in [5.41, 5.74) is 0.0510. The fraction of sp³-hybridized carbons (Fsp3) is 0.524. The predicted octanol–water partition coefficient (Wildman–Crippen LogP) is 1.05. The van der Waals surface area contributed by atoms with E-state index in [1.54, 1.807) is 32.9 Å². The van der Waals surface area contributed by atoms with E-state index in [0.717, 1.165) is 12.7 Å². The molecule has 1 aromatic rings. The molecular weight excluding hydrogens is 408 g/mol. The van der Waals surface area contributed by atoms with Gasteiger partial charge < -0.3 is 30.0 Å². The Morgan fingerprint density at radius 1 is 1.06 bits per heavy atom. The number of rotatable bonds is 10. The van der Waals surface area contributed by atoms with Crippen LogP contribution in [-0.2, 0) is 35.2 Å². The van der Waals surface area contributed by atoms with Crippen LogP contribution in [0.1, 0.15) is 39.2 Å². The van der Waals surface area contributed by atoms with Crippen molar-refractivity contribution in [1.29, 1.82) is 0 Å². The average molecular weight is 438 g/mol. The van der Waals surface area contributed by atoms with Crippen LogP contribution in [-0.4, -0.2) is 60.4 Å². The van der Waals surface area contributed by atoms with Crippen LogP contribution in [0, 0.1) is 0 Å². The summed E-state index contributed by atoms with van der Waals surface area (Å²) in [6.07, 6.45) is -2.82. The summed E-state index contributed by atoms with van der Waals surface area (Å²) in [4.78, 5) is 47.6. The van der Waals surface area contributed by atoms with Crippen LogP contribution in [0.2, 0.25) is 0 Å². The third-order valence-corrected chi connectivity index (χ3v) is 3.73. The van der Waals surface area contributed by atoms with Crippen molar-refractivity contribution < 1.29 is 38.5 Å². The molecule has 0 radical (unpaired) electrons. The van der Waals surface area contributed by atoms with Gasteiger partial charge in [0.25, 0.3) is 0 Å². The zero-order chi connectivity index (χ0) is 23.4. The molecule has 10 heteroatoms. The number of amides is 2. The largest absolute Gasteiger partial charge is 0.467 e. The molecule has 0 saturated carbocycles. The monoisotopic (exact) mass is 438 g/mol. The van der Waals surface area contributed by atoms with Crippen molar-refractivity contribution >= 4 is 23.9 Å². The van der Waals surface area contributed by atoms with E-state index < -0.39 is 54.5 Å². The molecule has 2 amide bonds. The van der Waals surface area contributed by atoms with E-state index >= 15 is 0 Å². The number of ether oxygens (including phenoxy) is 3. The number of carbonyl (C=O) groups is 4. The Morgan fingerprint density at radius 2 is 1.71 bits per heavy atom. The number of alkyl carbamates (subject to hydrolysis) is 1. The van der Waals surface area contributed by atoms with E-state index in [9.17, 15) is 24.3 Å². The lowest BCUT2D eigenvalue weighted by Crippen LogP contribution is -2.45. The lowest BCUT2D eigenvalue weighted by Gasteiger charge is -2.22. The number of hydrogen-bond donors (Lipinski definition) is 3. The van der Waals surface area contributed by atoms with Gasteiger partial charge in [-0.05, 0) is 26.3 Å². The number of benzene rings is 1. The SMILES string of the molecule is COC(=O)[C@@H](CC(=O)OC(C)(C)C)NC(=O)C[C@@H](O)CNC(=O)OCc1ccccc1. The van der Waals surface area contributed by atoms with Gasteiger partial charge in [-0.25, -0.2) is 9.59 Å². The molecule has 172 valence electrons. The summed E-state index contributed by atoms with van der Waals surface area (Å²) in [6, 6.07) is 7.78. The molecule has 0 bridgehead atoms. The molecule has 0 heterocycles. The topological polar surface area (TPSA) is 140 Å². The normalized spacial score (nSPS) is 12.8. The van der Waals surface area contributed by atoms with Crippen molar-refractivity contribution in [3.05, 3.63) is 35.9 Å². The number of nitrogens with one attached hydrogen (secondary N) is 2. The van der Waals surface area contributed by atoms with Gasteiger partial charge in [-0.3, -0.25) is 9.59 Å². The van der Waals surface area contributed by atoms with E-state index in [2.05, 4.69) is 15.4 Å². The Labute approximate surface area is 181 Å². The van der Waals surface area contributed by atoms with E-state index in [-0.39, 0.29) is 13.2 Å². The molecule has 0 aromatic heterocycles. The fourth-order valence-electron chi connectivity index (χ4n) is 2.40. The molecule has 10 nitrogen and oxygen atoms in total. The van der Waals surface area contributed by atoms with Gasteiger partial charge in [0.1, 0.15) is 18.2 Å². The van der Waals surface area contributed by atoms with Crippen LogP contribution in [0.4, 0.5) is 4.79 Å². The molecule has 0 fully saturated rings. The molecule has 0 unspecified atom stereocenters. The molecular formula is C21H30N2O8. The first kappa shape index (κ1) is 25.9. The van der Waals surface area contributed by atoms with Crippen LogP contribution in [0.5, 0.6) is 0 Å². The Bertz CT molecular complexity index is 745. The lowest BCUT2D eigenvalue weighted by atomic mass is 10.1. The van der Waals surface area contributed by atoms with Crippen molar-refractivity contribution in [2.24, 2.45) is 0 Å². The molecule has 0 spiro atoms. The maximum Gasteiger partial charge on any atom is 0.407 e. The second kappa shape index (κ2) is 12.5. The fourth-order valence-corrected chi connectivity index (χ4v) is 2.40. The third-order valence-electron chi connectivity index (χ3n) is 3.73. The van der Waals surface area contributed by atoms with Crippen LogP contribution < -0.4 is 10.6 Å². The van der Waals surface area contributed by atoms with Gasteiger partial charge in [0, 0.05) is 6.54 Å². The highest BCUT2D eigenvalue weighted by molar-refractivity contribution is 5.88. The minimum Gasteiger partial charge on any atom is -0.467 e. The van der Waals surface area contributed by atoms with Crippen LogP contribution in [0.15, 0.2) is 30.3 Å². The van der Waals surface area contributed by atoms with Crippen molar-refractivity contribution in [2.75, 3.05) is 13.7 Å². The number of aliphatic hydroxyl groups is 1. The minimum atomic E-state index is -1.26. The lowest BCUT2D eigenvalue weighted by molar-refractivity contribution is -0.159. The van der Waals surface area contributed by atoms with E-state index in [1.807, 2.05) is 18.2 Å². The zero-order valence-electron chi connectivity index (χ0n) is 18.2. The van der Waals surface area contributed by atoms with Gasteiger partial charge in [-0.1, -0.05) is 30.3 Å².